The van der Waals surface area contributed by atoms with E-state index in [1.165, 1.54) is 77.1 Å². The van der Waals surface area contributed by atoms with E-state index in [0.717, 1.165) is 22.7 Å². The highest BCUT2D eigenvalue weighted by Gasteiger charge is 2.17. The van der Waals surface area contributed by atoms with E-state index in [0.29, 0.717) is 0 Å². The van der Waals surface area contributed by atoms with Gasteiger partial charge >= 0.3 is 0 Å². The normalized spacial score (nSPS) is 11.3. The molecule has 11 aromatic rings. The first-order chi connectivity index (χ1) is 29.7. The van der Waals surface area contributed by atoms with Gasteiger partial charge < -0.3 is 9.47 Å². The molecule has 1 aromatic heterocycles. The van der Waals surface area contributed by atoms with E-state index in [2.05, 4.69) is 252 Å². The highest BCUT2D eigenvalue weighted by atomic mass is 15.1. The Morgan fingerprint density at radius 2 is 0.717 bits per heavy atom. The van der Waals surface area contributed by atoms with Crippen LogP contribution in [0, 0.1) is 0 Å². The highest BCUT2D eigenvalue weighted by Crippen LogP contribution is 2.41. The van der Waals surface area contributed by atoms with Crippen LogP contribution in [0.25, 0.3) is 82.8 Å². The minimum atomic E-state index is 1.08. The number of aromatic nitrogens is 1. The van der Waals surface area contributed by atoms with Gasteiger partial charge in [-0.05, 0) is 116 Å². The number of anilines is 3. The molecular weight excluding hydrogens is 725 g/mol. The smallest absolute Gasteiger partial charge is 0.0547 e. The highest BCUT2D eigenvalue weighted by molar-refractivity contribution is 6.21. The first-order valence-corrected chi connectivity index (χ1v) is 20.6. The molecule has 0 amide bonds. The zero-order chi connectivity index (χ0) is 39.8. The molecule has 0 atom stereocenters. The van der Waals surface area contributed by atoms with Crippen molar-refractivity contribution in [3.8, 4) is 50.2 Å². The predicted octanol–water partition coefficient (Wildman–Crippen LogP) is 16.1. The van der Waals surface area contributed by atoms with Crippen LogP contribution in [0.5, 0.6) is 0 Å². The van der Waals surface area contributed by atoms with E-state index in [1.54, 1.807) is 0 Å². The quantitative estimate of drug-likeness (QED) is 0.150. The summed E-state index contributed by atoms with van der Waals surface area (Å²) in [5.74, 6) is 0. The van der Waals surface area contributed by atoms with Crippen molar-refractivity contribution >= 4 is 49.6 Å². The van der Waals surface area contributed by atoms with Crippen molar-refractivity contribution < 1.29 is 0 Å². The van der Waals surface area contributed by atoms with Crippen LogP contribution in [-0.2, 0) is 0 Å². The van der Waals surface area contributed by atoms with Gasteiger partial charge in [-0.3, -0.25) is 0 Å². The zero-order valence-corrected chi connectivity index (χ0v) is 33.0. The summed E-state index contributed by atoms with van der Waals surface area (Å²) in [6, 6.07) is 87.8. The van der Waals surface area contributed by atoms with Gasteiger partial charge in [0.05, 0.1) is 11.0 Å². The Hall–Kier alpha value is -7.94. The summed E-state index contributed by atoms with van der Waals surface area (Å²) in [6.45, 7) is 0. The molecule has 0 N–H and O–H groups in total. The maximum atomic E-state index is 2.41. The van der Waals surface area contributed by atoms with Crippen molar-refractivity contribution in [1.82, 2.24) is 4.57 Å². The lowest BCUT2D eigenvalue weighted by molar-refractivity contribution is 1.17. The summed E-state index contributed by atoms with van der Waals surface area (Å²) in [5.41, 5.74) is 16.4. The summed E-state index contributed by atoms with van der Waals surface area (Å²) in [7, 11) is 0. The number of para-hydroxylation sites is 1. The molecule has 0 saturated heterocycles. The van der Waals surface area contributed by atoms with E-state index < -0.39 is 0 Å². The van der Waals surface area contributed by atoms with Gasteiger partial charge in [0, 0.05) is 33.5 Å². The minimum Gasteiger partial charge on any atom is -0.310 e. The summed E-state index contributed by atoms with van der Waals surface area (Å²) in [6.07, 6.45) is 0. The molecule has 60 heavy (non-hydrogen) atoms. The molecule has 2 nitrogen and oxygen atoms in total. The van der Waals surface area contributed by atoms with E-state index in [9.17, 15) is 0 Å². The lowest BCUT2D eigenvalue weighted by atomic mass is 9.99. The largest absolute Gasteiger partial charge is 0.310 e. The maximum Gasteiger partial charge on any atom is 0.0547 e. The summed E-state index contributed by atoms with van der Waals surface area (Å²) in [4.78, 5) is 2.37. The van der Waals surface area contributed by atoms with Crippen molar-refractivity contribution in [3.05, 3.63) is 243 Å². The van der Waals surface area contributed by atoms with Crippen molar-refractivity contribution in [2.45, 2.75) is 0 Å². The van der Waals surface area contributed by atoms with Crippen LogP contribution in [0.15, 0.2) is 243 Å². The third kappa shape index (κ3) is 6.41. The number of hydrogen-bond acceptors (Lipinski definition) is 1. The van der Waals surface area contributed by atoms with E-state index in [4.69, 9.17) is 0 Å². The molecule has 0 bridgehead atoms. The van der Waals surface area contributed by atoms with Gasteiger partial charge in [0.2, 0.25) is 0 Å². The maximum absolute atomic E-state index is 2.41. The topological polar surface area (TPSA) is 8.17 Å². The first-order valence-electron chi connectivity index (χ1n) is 20.6. The van der Waals surface area contributed by atoms with E-state index >= 15 is 0 Å². The van der Waals surface area contributed by atoms with Crippen LogP contribution >= 0.6 is 0 Å². The molecule has 0 unspecified atom stereocenters. The van der Waals surface area contributed by atoms with Crippen molar-refractivity contribution in [2.75, 3.05) is 4.90 Å². The van der Waals surface area contributed by atoms with Gasteiger partial charge in [0.15, 0.2) is 0 Å². The third-order valence-electron chi connectivity index (χ3n) is 11.8. The molecule has 0 spiro atoms. The average Bonchev–Trinajstić information content (AvgIpc) is 3.68. The van der Waals surface area contributed by atoms with Crippen LogP contribution in [0.2, 0.25) is 0 Å². The van der Waals surface area contributed by atoms with Crippen LogP contribution < -0.4 is 4.90 Å². The van der Waals surface area contributed by atoms with Crippen LogP contribution in [-0.4, -0.2) is 4.57 Å². The molecule has 2 heteroatoms. The van der Waals surface area contributed by atoms with Crippen molar-refractivity contribution in [2.24, 2.45) is 0 Å². The SMILES string of the molecule is c1ccc(-c2ccc(-c3ccc(N(c4ccc(-n5c6ccccc6c6c7ccccc7ccc65)cc4)c4cccc(-c5ccc(-c6ccccc6)cc5)c4)cc3)cc2)cc1. The molecule has 282 valence electrons. The lowest BCUT2D eigenvalue weighted by Gasteiger charge is -2.26. The fraction of sp³-hybridized carbons (Fsp3) is 0. The predicted molar refractivity (Wildman–Crippen MR) is 255 cm³/mol. The Morgan fingerprint density at radius 1 is 0.267 bits per heavy atom. The van der Waals surface area contributed by atoms with Gasteiger partial charge in [-0.25, -0.2) is 0 Å². The van der Waals surface area contributed by atoms with Gasteiger partial charge in [0.1, 0.15) is 0 Å². The van der Waals surface area contributed by atoms with Gasteiger partial charge in [0.25, 0.3) is 0 Å². The second-order valence-corrected chi connectivity index (χ2v) is 15.4. The number of nitrogens with zero attached hydrogens (tertiary/aromatic N) is 2. The van der Waals surface area contributed by atoms with Crippen LogP contribution in [0.4, 0.5) is 17.1 Å². The van der Waals surface area contributed by atoms with E-state index in [1.807, 2.05) is 0 Å². The number of hydrogen-bond donors (Lipinski definition) is 0. The van der Waals surface area contributed by atoms with Crippen molar-refractivity contribution in [3.63, 3.8) is 0 Å². The van der Waals surface area contributed by atoms with Gasteiger partial charge in [-0.2, -0.15) is 0 Å². The summed E-state index contributed by atoms with van der Waals surface area (Å²) < 4.78 is 2.41. The standard InChI is InChI=1S/C58H40N2/c1-3-12-41(13-4-1)43-22-24-45(25-23-43)46-30-33-50(34-31-46)59(53-18-11-17-49(40-53)47-28-26-44(27-29-47)42-14-5-2-6-15-42)51-35-37-52(38-36-51)60-56-21-10-9-20-55(56)58-54-19-8-7-16-48(54)32-39-57(58)60/h1-40H. The molecule has 0 fully saturated rings. The second kappa shape index (κ2) is 15.1. The third-order valence-corrected chi connectivity index (χ3v) is 11.8. The zero-order valence-electron chi connectivity index (χ0n) is 33.0. The Kier molecular flexibility index (Phi) is 8.87. The molecule has 0 aliphatic carbocycles. The van der Waals surface area contributed by atoms with Crippen LogP contribution in [0.1, 0.15) is 0 Å². The summed E-state index contributed by atoms with van der Waals surface area (Å²) >= 11 is 0. The fourth-order valence-corrected chi connectivity index (χ4v) is 8.81. The molecule has 0 saturated carbocycles. The van der Waals surface area contributed by atoms with Gasteiger partial charge in [-0.15, -0.1) is 0 Å². The van der Waals surface area contributed by atoms with E-state index in [-0.39, 0.29) is 0 Å². The van der Waals surface area contributed by atoms with Crippen LogP contribution in [0.3, 0.4) is 0 Å². The Balaban J connectivity index is 0.989. The van der Waals surface area contributed by atoms with Gasteiger partial charge in [-0.1, -0.05) is 182 Å². The summed E-state index contributed by atoms with van der Waals surface area (Å²) in [5, 5.41) is 5.08. The molecule has 0 aliphatic heterocycles. The van der Waals surface area contributed by atoms with Crippen molar-refractivity contribution in [1.29, 1.82) is 0 Å². The monoisotopic (exact) mass is 764 g/mol. The molecule has 1 heterocycles. The molecule has 0 radical (unpaired) electrons. The molecule has 11 rings (SSSR count). The number of benzene rings is 10. The Morgan fingerprint density at radius 3 is 1.32 bits per heavy atom. The lowest BCUT2D eigenvalue weighted by Crippen LogP contribution is -2.10. The number of rotatable bonds is 8. The fourth-order valence-electron chi connectivity index (χ4n) is 8.81. The Labute approximate surface area is 350 Å². The first kappa shape index (κ1) is 35.2. The molecular formula is C58H40N2. The average molecular weight is 765 g/mol. The minimum absolute atomic E-state index is 1.08. The number of fused-ring (bicyclic) bond motifs is 5. The molecule has 10 aromatic carbocycles. The molecule has 0 aliphatic rings. The second-order valence-electron chi connectivity index (χ2n) is 15.4. The Bertz CT molecular complexity index is 3250.